The summed E-state index contributed by atoms with van der Waals surface area (Å²) >= 11 is 0. The summed E-state index contributed by atoms with van der Waals surface area (Å²) < 4.78 is 2.12. The van der Waals surface area contributed by atoms with Crippen LogP contribution >= 0.6 is 0 Å². The van der Waals surface area contributed by atoms with E-state index in [0.29, 0.717) is 12.5 Å². The molecule has 1 saturated heterocycles. The summed E-state index contributed by atoms with van der Waals surface area (Å²) in [4.78, 5) is 17.1. The Labute approximate surface area is 148 Å². The summed E-state index contributed by atoms with van der Waals surface area (Å²) in [6.07, 6.45) is 3.29. The van der Waals surface area contributed by atoms with Gasteiger partial charge in [0.25, 0.3) is 0 Å². The van der Waals surface area contributed by atoms with Crippen LogP contribution in [-0.4, -0.2) is 44.7 Å². The zero-order valence-corrected chi connectivity index (χ0v) is 14.9. The number of hydrogen-bond donors (Lipinski definition) is 0. The lowest BCUT2D eigenvalue weighted by molar-refractivity contribution is -0.121. The standard InChI is InChI=1S/C19H25N5O/c1-3-23(13-17-20-21-18(22(17)2)14-9-10-14)16-11-12-24(19(16)25)15-7-5-4-6-8-15/h4-8,14,16H,3,9-13H2,1-2H3. The average Bonchev–Trinajstić information content (AvgIpc) is 3.32. The molecule has 0 radical (unpaired) electrons. The second-order valence-electron chi connectivity index (χ2n) is 7.00. The monoisotopic (exact) mass is 339 g/mol. The molecule has 2 fully saturated rings. The van der Waals surface area contributed by atoms with Gasteiger partial charge in [-0.1, -0.05) is 25.1 Å². The quantitative estimate of drug-likeness (QED) is 0.810. The van der Waals surface area contributed by atoms with Gasteiger partial charge >= 0.3 is 0 Å². The smallest absolute Gasteiger partial charge is 0.244 e. The second-order valence-corrected chi connectivity index (χ2v) is 7.00. The summed E-state index contributed by atoms with van der Waals surface area (Å²) in [6, 6.07) is 9.86. The molecule has 1 saturated carbocycles. The molecule has 25 heavy (non-hydrogen) atoms. The van der Waals surface area contributed by atoms with E-state index in [2.05, 4.69) is 26.6 Å². The zero-order chi connectivity index (χ0) is 17.4. The Bertz CT molecular complexity index is 752. The van der Waals surface area contributed by atoms with Crippen LogP contribution in [0.5, 0.6) is 0 Å². The van der Waals surface area contributed by atoms with Crippen molar-refractivity contribution < 1.29 is 4.79 Å². The first kappa shape index (κ1) is 16.3. The van der Waals surface area contributed by atoms with Crippen LogP contribution in [0.25, 0.3) is 0 Å². The molecule has 4 rings (SSSR count). The summed E-state index contributed by atoms with van der Waals surface area (Å²) in [5.41, 5.74) is 0.987. The minimum Gasteiger partial charge on any atom is -0.317 e. The van der Waals surface area contributed by atoms with Crippen molar-refractivity contribution in [2.24, 2.45) is 7.05 Å². The molecule has 2 heterocycles. The van der Waals surface area contributed by atoms with Crippen LogP contribution in [0.2, 0.25) is 0 Å². The van der Waals surface area contributed by atoms with Crippen molar-refractivity contribution in [2.45, 2.75) is 44.7 Å². The summed E-state index contributed by atoms with van der Waals surface area (Å²) in [5.74, 6) is 2.82. The Balaban J connectivity index is 1.49. The minimum absolute atomic E-state index is 0.0775. The highest BCUT2D eigenvalue weighted by atomic mass is 16.2. The highest BCUT2D eigenvalue weighted by Crippen LogP contribution is 2.38. The van der Waals surface area contributed by atoms with Gasteiger partial charge in [0.1, 0.15) is 11.6 Å². The fraction of sp³-hybridized carbons (Fsp3) is 0.526. The van der Waals surface area contributed by atoms with Crippen molar-refractivity contribution in [3.63, 3.8) is 0 Å². The molecule has 1 aliphatic heterocycles. The van der Waals surface area contributed by atoms with Crippen LogP contribution < -0.4 is 4.90 Å². The largest absolute Gasteiger partial charge is 0.317 e. The normalized spacial score (nSPS) is 20.7. The van der Waals surface area contributed by atoms with Gasteiger partial charge in [0.15, 0.2) is 0 Å². The molecule has 0 N–H and O–H groups in total. The highest BCUT2D eigenvalue weighted by molar-refractivity contribution is 5.99. The maximum absolute atomic E-state index is 12.9. The van der Waals surface area contributed by atoms with Gasteiger partial charge in [0.2, 0.25) is 5.91 Å². The van der Waals surface area contributed by atoms with Gasteiger partial charge in [-0.05, 0) is 37.9 Å². The zero-order valence-electron chi connectivity index (χ0n) is 14.9. The molecule has 2 aliphatic rings. The number of amides is 1. The number of rotatable bonds is 6. The lowest BCUT2D eigenvalue weighted by Gasteiger charge is -2.26. The molecule has 1 amide bonds. The average molecular weight is 339 g/mol. The number of carbonyl (C=O) groups excluding carboxylic acids is 1. The van der Waals surface area contributed by atoms with Crippen molar-refractivity contribution in [1.29, 1.82) is 0 Å². The van der Waals surface area contributed by atoms with Crippen LogP contribution in [-0.2, 0) is 18.4 Å². The third-order valence-electron chi connectivity index (χ3n) is 5.38. The van der Waals surface area contributed by atoms with Gasteiger partial charge in [0.05, 0.1) is 12.6 Å². The fourth-order valence-electron chi connectivity index (χ4n) is 3.70. The summed E-state index contributed by atoms with van der Waals surface area (Å²) in [7, 11) is 2.05. The first-order valence-electron chi connectivity index (χ1n) is 9.17. The minimum atomic E-state index is -0.0775. The number of benzene rings is 1. The molecule has 1 aromatic heterocycles. The first-order chi connectivity index (χ1) is 12.2. The Kier molecular flexibility index (Phi) is 4.29. The fourth-order valence-corrected chi connectivity index (χ4v) is 3.70. The van der Waals surface area contributed by atoms with E-state index >= 15 is 0 Å². The van der Waals surface area contributed by atoms with Gasteiger partial charge < -0.3 is 9.47 Å². The van der Waals surface area contributed by atoms with E-state index in [0.717, 1.165) is 36.8 Å². The van der Waals surface area contributed by atoms with Crippen molar-refractivity contribution >= 4 is 11.6 Å². The van der Waals surface area contributed by atoms with Crippen molar-refractivity contribution in [3.8, 4) is 0 Å². The van der Waals surface area contributed by atoms with Gasteiger partial charge in [0, 0.05) is 25.2 Å². The maximum Gasteiger partial charge on any atom is 0.244 e. The Morgan fingerprint density at radius 3 is 2.60 bits per heavy atom. The molecular weight excluding hydrogens is 314 g/mol. The third kappa shape index (κ3) is 3.06. The SMILES string of the molecule is CCN(Cc1nnc(C2CC2)n1C)C1CCN(c2ccccc2)C1=O. The van der Waals surface area contributed by atoms with Gasteiger partial charge in [-0.15, -0.1) is 10.2 Å². The van der Waals surface area contributed by atoms with E-state index in [4.69, 9.17) is 0 Å². The number of hydrogen-bond acceptors (Lipinski definition) is 4. The molecule has 132 valence electrons. The Morgan fingerprint density at radius 2 is 1.92 bits per heavy atom. The molecule has 6 nitrogen and oxygen atoms in total. The van der Waals surface area contributed by atoms with Crippen LogP contribution in [0, 0.1) is 0 Å². The lowest BCUT2D eigenvalue weighted by atomic mass is 10.2. The van der Waals surface area contributed by atoms with Crippen LogP contribution in [0.3, 0.4) is 0 Å². The molecule has 6 heteroatoms. The predicted octanol–water partition coefficient (Wildman–Crippen LogP) is 2.32. The van der Waals surface area contributed by atoms with Crippen LogP contribution in [0.4, 0.5) is 5.69 Å². The van der Waals surface area contributed by atoms with E-state index in [1.807, 2.05) is 42.3 Å². The molecule has 1 aromatic carbocycles. The predicted molar refractivity (Wildman–Crippen MR) is 96.3 cm³/mol. The first-order valence-corrected chi connectivity index (χ1v) is 9.17. The molecule has 1 unspecified atom stereocenters. The summed E-state index contributed by atoms with van der Waals surface area (Å²) in [6.45, 7) is 4.38. The Morgan fingerprint density at radius 1 is 1.16 bits per heavy atom. The Hall–Kier alpha value is -2.21. The van der Waals surface area contributed by atoms with E-state index < -0.39 is 0 Å². The van der Waals surface area contributed by atoms with E-state index in [-0.39, 0.29) is 11.9 Å². The number of para-hydroxylation sites is 1. The number of likely N-dealkylation sites (N-methyl/N-ethyl adjacent to an activating group) is 1. The number of anilines is 1. The van der Waals surface area contributed by atoms with Crippen molar-refractivity contribution in [1.82, 2.24) is 19.7 Å². The molecule has 0 bridgehead atoms. The number of aromatic nitrogens is 3. The maximum atomic E-state index is 12.9. The van der Waals surface area contributed by atoms with Crippen LogP contribution in [0.15, 0.2) is 30.3 Å². The number of nitrogens with zero attached hydrogens (tertiary/aromatic N) is 5. The number of carbonyl (C=O) groups is 1. The summed E-state index contributed by atoms with van der Waals surface area (Å²) in [5, 5.41) is 8.75. The van der Waals surface area contributed by atoms with Gasteiger partial charge in [-0.25, -0.2) is 0 Å². The second kappa shape index (κ2) is 6.59. The molecule has 0 spiro atoms. The lowest BCUT2D eigenvalue weighted by Crippen LogP contribution is -2.42. The molecular formula is C19H25N5O. The highest BCUT2D eigenvalue weighted by Gasteiger charge is 2.37. The van der Waals surface area contributed by atoms with Crippen molar-refractivity contribution in [3.05, 3.63) is 42.0 Å². The van der Waals surface area contributed by atoms with Crippen LogP contribution in [0.1, 0.15) is 43.8 Å². The van der Waals surface area contributed by atoms with Gasteiger partial charge in [-0.3, -0.25) is 9.69 Å². The molecule has 1 atom stereocenters. The molecule has 1 aliphatic carbocycles. The van der Waals surface area contributed by atoms with Crippen molar-refractivity contribution in [2.75, 3.05) is 18.0 Å². The third-order valence-corrected chi connectivity index (χ3v) is 5.38. The molecule has 2 aromatic rings. The topological polar surface area (TPSA) is 54.3 Å². The van der Waals surface area contributed by atoms with E-state index in [9.17, 15) is 4.79 Å². The van der Waals surface area contributed by atoms with E-state index in [1.165, 1.54) is 12.8 Å². The van der Waals surface area contributed by atoms with Gasteiger partial charge in [-0.2, -0.15) is 0 Å². The van der Waals surface area contributed by atoms with E-state index in [1.54, 1.807) is 0 Å².